The lowest BCUT2D eigenvalue weighted by molar-refractivity contribution is -0.145. The molecule has 0 radical (unpaired) electrons. The van der Waals surface area contributed by atoms with Gasteiger partial charge >= 0.3 is 0 Å². The van der Waals surface area contributed by atoms with Gasteiger partial charge in [-0.25, -0.2) is 4.39 Å². The highest BCUT2D eigenvalue weighted by molar-refractivity contribution is 5.89. The Labute approximate surface area is 142 Å². The molecule has 1 atom stereocenters. The van der Waals surface area contributed by atoms with E-state index in [1.807, 2.05) is 35.2 Å². The summed E-state index contributed by atoms with van der Waals surface area (Å²) in [7, 11) is 0. The molecule has 1 amide bonds. The van der Waals surface area contributed by atoms with Gasteiger partial charge in [-0.1, -0.05) is 55.3 Å². The van der Waals surface area contributed by atoms with Crippen molar-refractivity contribution < 1.29 is 9.18 Å². The molecule has 3 heteroatoms. The van der Waals surface area contributed by atoms with Crippen LogP contribution in [0.1, 0.15) is 49.3 Å². The summed E-state index contributed by atoms with van der Waals surface area (Å²) >= 11 is 0. The van der Waals surface area contributed by atoms with Crippen molar-refractivity contribution in [2.75, 3.05) is 6.54 Å². The van der Waals surface area contributed by atoms with Crippen molar-refractivity contribution in [3.05, 3.63) is 71.5 Å². The minimum absolute atomic E-state index is 0.0966. The average molecular weight is 323 g/mol. The maximum absolute atomic E-state index is 13.5. The molecule has 2 aromatic rings. The predicted molar refractivity (Wildman–Crippen MR) is 92.1 cm³/mol. The number of carbonyl (C=O) groups is 1. The van der Waals surface area contributed by atoms with Crippen molar-refractivity contribution >= 4 is 5.91 Å². The van der Waals surface area contributed by atoms with Crippen molar-refractivity contribution in [2.24, 2.45) is 0 Å². The third kappa shape index (κ3) is 2.43. The number of likely N-dealkylation sites (tertiary alicyclic amines) is 1. The molecule has 1 aliphatic heterocycles. The van der Waals surface area contributed by atoms with Gasteiger partial charge < -0.3 is 4.90 Å². The zero-order valence-corrected chi connectivity index (χ0v) is 13.7. The van der Waals surface area contributed by atoms with E-state index < -0.39 is 0 Å². The molecule has 4 rings (SSSR count). The molecule has 1 aliphatic carbocycles. The molecule has 24 heavy (non-hydrogen) atoms. The smallest absolute Gasteiger partial charge is 0.233 e. The van der Waals surface area contributed by atoms with Crippen LogP contribution < -0.4 is 0 Å². The Morgan fingerprint density at radius 1 is 1.00 bits per heavy atom. The van der Waals surface area contributed by atoms with Crippen molar-refractivity contribution in [3.63, 3.8) is 0 Å². The highest BCUT2D eigenvalue weighted by atomic mass is 19.1. The zero-order valence-electron chi connectivity index (χ0n) is 13.7. The first kappa shape index (κ1) is 15.4. The summed E-state index contributed by atoms with van der Waals surface area (Å²) in [5, 5.41) is 0. The van der Waals surface area contributed by atoms with Crippen LogP contribution in [0.15, 0.2) is 54.6 Å². The Morgan fingerprint density at radius 2 is 1.67 bits per heavy atom. The van der Waals surface area contributed by atoms with Crippen molar-refractivity contribution in [1.29, 1.82) is 0 Å². The van der Waals surface area contributed by atoms with Gasteiger partial charge in [0.15, 0.2) is 0 Å². The lowest BCUT2D eigenvalue weighted by Gasteiger charge is -2.46. The SMILES string of the molecule is O=C(N1CCC1c1ccc(F)cc1)C1(c2ccccc2)CCCC1. The number of hydrogen-bond donors (Lipinski definition) is 0. The van der Waals surface area contributed by atoms with Crippen LogP contribution in [0.4, 0.5) is 4.39 Å². The largest absolute Gasteiger partial charge is 0.335 e. The molecule has 0 aromatic heterocycles. The third-order valence-electron chi connectivity index (χ3n) is 5.73. The van der Waals surface area contributed by atoms with Gasteiger partial charge in [0.1, 0.15) is 5.82 Å². The van der Waals surface area contributed by atoms with Crippen molar-refractivity contribution in [2.45, 2.75) is 43.6 Å². The molecule has 0 bridgehead atoms. The Bertz CT molecular complexity index is 719. The van der Waals surface area contributed by atoms with Crippen molar-refractivity contribution in [3.8, 4) is 0 Å². The molecular weight excluding hydrogens is 301 g/mol. The Hall–Kier alpha value is -2.16. The lowest BCUT2D eigenvalue weighted by atomic mass is 9.76. The third-order valence-corrected chi connectivity index (χ3v) is 5.73. The zero-order chi connectivity index (χ0) is 16.6. The van der Waals surface area contributed by atoms with E-state index in [1.165, 1.54) is 12.1 Å². The van der Waals surface area contributed by atoms with Crippen LogP contribution in [0.3, 0.4) is 0 Å². The van der Waals surface area contributed by atoms with Crippen LogP contribution in [0, 0.1) is 5.82 Å². The maximum Gasteiger partial charge on any atom is 0.233 e. The molecule has 2 nitrogen and oxygen atoms in total. The molecule has 124 valence electrons. The Balaban J connectivity index is 1.63. The summed E-state index contributed by atoms with van der Waals surface area (Å²) in [5.74, 6) is 0.0271. The van der Waals surface area contributed by atoms with Gasteiger partial charge in [-0.05, 0) is 42.5 Å². The second kappa shape index (κ2) is 6.04. The number of hydrogen-bond acceptors (Lipinski definition) is 1. The lowest BCUT2D eigenvalue weighted by Crippen LogP contribution is -2.53. The number of rotatable bonds is 3. The van der Waals surface area contributed by atoms with Gasteiger partial charge in [-0.15, -0.1) is 0 Å². The molecule has 0 spiro atoms. The summed E-state index contributed by atoms with van der Waals surface area (Å²) < 4.78 is 13.2. The normalized spacial score (nSPS) is 22.2. The van der Waals surface area contributed by atoms with Crippen LogP contribution in [0.5, 0.6) is 0 Å². The number of nitrogens with zero attached hydrogens (tertiary/aromatic N) is 1. The molecule has 1 saturated heterocycles. The van der Waals surface area contributed by atoms with Gasteiger partial charge in [0.25, 0.3) is 0 Å². The first-order chi connectivity index (χ1) is 11.7. The van der Waals surface area contributed by atoms with Gasteiger partial charge in [0.2, 0.25) is 5.91 Å². The van der Waals surface area contributed by atoms with E-state index in [0.29, 0.717) is 0 Å². The molecule has 1 saturated carbocycles. The van der Waals surface area contributed by atoms with E-state index >= 15 is 0 Å². The summed E-state index contributed by atoms with van der Waals surface area (Å²) in [4.78, 5) is 15.5. The minimum atomic E-state index is -0.361. The number of halogens is 1. The summed E-state index contributed by atoms with van der Waals surface area (Å²) in [6, 6.07) is 16.9. The van der Waals surface area contributed by atoms with Crippen LogP contribution in [-0.4, -0.2) is 17.4 Å². The van der Waals surface area contributed by atoms with E-state index in [0.717, 1.165) is 49.8 Å². The maximum atomic E-state index is 13.5. The summed E-state index contributed by atoms with van der Waals surface area (Å²) in [6.07, 6.45) is 5.04. The number of carbonyl (C=O) groups excluding carboxylic acids is 1. The predicted octanol–water partition coefficient (Wildman–Crippen LogP) is 4.61. The van der Waals surface area contributed by atoms with Crippen LogP contribution >= 0.6 is 0 Å². The monoisotopic (exact) mass is 323 g/mol. The van der Waals surface area contributed by atoms with E-state index in [2.05, 4.69) is 12.1 Å². The highest BCUT2D eigenvalue weighted by Gasteiger charge is 2.48. The topological polar surface area (TPSA) is 20.3 Å². The minimum Gasteiger partial charge on any atom is -0.335 e. The van der Waals surface area contributed by atoms with Gasteiger partial charge in [-0.3, -0.25) is 4.79 Å². The molecule has 1 unspecified atom stereocenters. The van der Waals surface area contributed by atoms with Gasteiger partial charge in [0, 0.05) is 6.54 Å². The standard InChI is InChI=1S/C21H22FNO/c22-18-10-8-16(9-11-18)19-12-15-23(19)20(24)21(13-4-5-14-21)17-6-2-1-3-7-17/h1-3,6-11,19H,4-5,12-15H2. The molecular formula is C21H22FNO. The molecule has 2 aliphatic rings. The first-order valence-corrected chi connectivity index (χ1v) is 8.83. The van der Waals surface area contributed by atoms with Crippen LogP contribution in [0.25, 0.3) is 0 Å². The van der Waals surface area contributed by atoms with Gasteiger partial charge in [-0.2, -0.15) is 0 Å². The number of benzene rings is 2. The van der Waals surface area contributed by atoms with E-state index in [4.69, 9.17) is 0 Å². The first-order valence-electron chi connectivity index (χ1n) is 8.83. The summed E-state index contributed by atoms with van der Waals surface area (Å²) in [6.45, 7) is 0.801. The molecule has 2 fully saturated rings. The second-order valence-corrected chi connectivity index (χ2v) is 7.01. The molecule has 1 heterocycles. The Morgan fingerprint density at radius 3 is 2.25 bits per heavy atom. The van der Waals surface area contributed by atoms with E-state index in [1.54, 1.807) is 0 Å². The highest BCUT2D eigenvalue weighted by Crippen LogP contribution is 2.46. The van der Waals surface area contributed by atoms with Crippen LogP contribution in [0.2, 0.25) is 0 Å². The fourth-order valence-electron chi connectivity index (χ4n) is 4.30. The average Bonchev–Trinajstić information content (AvgIpc) is 3.08. The second-order valence-electron chi connectivity index (χ2n) is 7.01. The Kier molecular flexibility index (Phi) is 3.87. The molecule has 2 aromatic carbocycles. The fraction of sp³-hybridized carbons (Fsp3) is 0.381. The summed E-state index contributed by atoms with van der Waals surface area (Å²) in [5.41, 5.74) is 1.83. The van der Waals surface area contributed by atoms with Gasteiger partial charge in [0.05, 0.1) is 11.5 Å². The fourth-order valence-corrected chi connectivity index (χ4v) is 4.30. The van der Waals surface area contributed by atoms with E-state index in [-0.39, 0.29) is 23.2 Å². The quantitative estimate of drug-likeness (QED) is 0.807. The van der Waals surface area contributed by atoms with E-state index in [9.17, 15) is 9.18 Å². The van der Waals surface area contributed by atoms with Crippen molar-refractivity contribution in [1.82, 2.24) is 4.90 Å². The van der Waals surface area contributed by atoms with Crippen LogP contribution in [-0.2, 0) is 10.2 Å². The molecule has 0 N–H and O–H groups in total. The number of amides is 1.